The molecule has 0 aromatic carbocycles. The predicted molar refractivity (Wildman–Crippen MR) is 37.0 cm³/mol. The molecule has 0 radical (unpaired) electrons. The summed E-state index contributed by atoms with van der Waals surface area (Å²) in [5.74, 6) is 0.514. The smallest absolute Gasteiger partial charge is 0.238 e. The van der Waals surface area contributed by atoms with Crippen LogP contribution in [0.15, 0.2) is 0 Å². The third-order valence-corrected chi connectivity index (χ3v) is 2.51. The summed E-state index contributed by atoms with van der Waals surface area (Å²) in [6.07, 6.45) is 2.23. The van der Waals surface area contributed by atoms with Crippen LogP contribution in [0.3, 0.4) is 0 Å². The van der Waals surface area contributed by atoms with Crippen molar-refractivity contribution in [3.63, 3.8) is 0 Å². The van der Waals surface area contributed by atoms with Gasteiger partial charge in [0.1, 0.15) is 0 Å². The third kappa shape index (κ3) is 0.736. The van der Waals surface area contributed by atoms with E-state index in [2.05, 4.69) is 17.4 Å². The van der Waals surface area contributed by atoms with Gasteiger partial charge in [0, 0.05) is 12.6 Å². The van der Waals surface area contributed by atoms with Gasteiger partial charge in [0.25, 0.3) is 0 Å². The molecule has 1 N–H and O–H groups in total. The first-order valence-corrected chi connectivity index (χ1v) is 3.84. The van der Waals surface area contributed by atoms with Crippen molar-refractivity contribution < 1.29 is 4.79 Å². The molecule has 2 aliphatic rings. The maximum absolute atomic E-state index is 11.0. The van der Waals surface area contributed by atoms with Gasteiger partial charge in [-0.25, -0.2) is 5.01 Å². The second-order valence-corrected chi connectivity index (χ2v) is 3.25. The van der Waals surface area contributed by atoms with Crippen LogP contribution >= 0.6 is 0 Å². The fourth-order valence-corrected chi connectivity index (χ4v) is 1.71. The maximum atomic E-state index is 11.0. The van der Waals surface area contributed by atoms with E-state index in [9.17, 15) is 4.79 Å². The molecule has 10 heavy (non-hydrogen) atoms. The minimum atomic E-state index is 0.226. The average Bonchev–Trinajstić information content (AvgIpc) is 2.21. The Balaban J connectivity index is 2.15. The molecule has 3 unspecified atom stereocenters. The van der Waals surface area contributed by atoms with Gasteiger partial charge < -0.3 is 0 Å². The van der Waals surface area contributed by atoms with Crippen LogP contribution < -0.4 is 5.43 Å². The Morgan fingerprint density at radius 3 is 3.10 bits per heavy atom. The zero-order valence-corrected chi connectivity index (χ0v) is 6.13. The van der Waals surface area contributed by atoms with Gasteiger partial charge in [-0.1, -0.05) is 0 Å². The lowest BCUT2D eigenvalue weighted by Gasteiger charge is -2.26. The molecule has 3 atom stereocenters. The topological polar surface area (TPSA) is 32.3 Å². The number of rotatable bonds is 0. The average molecular weight is 140 g/mol. The molecule has 0 spiro atoms. The zero-order valence-electron chi connectivity index (χ0n) is 6.13. The van der Waals surface area contributed by atoms with Crippen molar-refractivity contribution in [1.29, 1.82) is 0 Å². The Bertz CT molecular complexity index is 169. The van der Waals surface area contributed by atoms with Crippen LogP contribution in [0.1, 0.15) is 19.8 Å². The highest BCUT2D eigenvalue weighted by atomic mass is 16.2. The quantitative estimate of drug-likeness (QED) is 0.518. The monoisotopic (exact) mass is 140 g/mol. The zero-order chi connectivity index (χ0) is 7.14. The van der Waals surface area contributed by atoms with Gasteiger partial charge >= 0.3 is 0 Å². The highest BCUT2D eigenvalue weighted by Gasteiger charge is 2.36. The first-order chi connectivity index (χ1) is 4.77. The number of piperidine rings is 1. The molecule has 2 aliphatic heterocycles. The van der Waals surface area contributed by atoms with Crippen molar-refractivity contribution in [1.82, 2.24) is 10.4 Å². The number of carbonyl (C=O) groups is 1. The molecule has 0 saturated carbocycles. The fraction of sp³-hybridized carbons (Fsp3) is 0.857. The number of hydrogen-bond donors (Lipinski definition) is 1. The summed E-state index contributed by atoms with van der Waals surface area (Å²) in [7, 11) is 0. The molecule has 0 aromatic heterocycles. The number of fused-ring (bicyclic) bond motifs is 2. The Morgan fingerprint density at radius 2 is 2.40 bits per heavy atom. The molecule has 3 heteroatoms. The minimum Gasteiger partial charge on any atom is -0.288 e. The summed E-state index contributed by atoms with van der Waals surface area (Å²) in [6.45, 7) is 3.09. The fourth-order valence-electron chi connectivity index (χ4n) is 1.71. The van der Waals surface area contributed by atoms with Crippen LogP contribution in [0.2, 0.25) is 0 Å². The SMILES string of the molecule is CC1CCC2CN1NC2=O. The van der Waals surface area contributed by atoms with E-state index in [1.54, 1.807) is 0 Å². The standard InChI is InChI=1S/C7H12N2O/c1-5-2-3-6-4-9(5)8-7(6)10/h5-6H,2-4H2,1H3,(H,8,10). The van der Waals surface area contributed by atoms with Gasteiger partial charge in [-0.15, -0.1) is 0 Å². The molecule has 56 valence electrons. The van der Waals surface area contributed by atoms with Crippen molar-refractivity contribution in [3.05, 3.63) is 0 Å². The number of nitrogens with one attached hydrogen (secondary N) is 1. The molecular weight excluding hydrogens is 128 g/mol. The number of nitrogens with zero attached hydrogens (tertiary/aromatic N) is 1. The van der Waals surface area contributed by atoms with Crippen LogP contribution in [-0.4, -0.2) is 23.5 Å². The van der Waals surface area contributed by atoms with Crippen molar-refractivity contribution >= 4 is 5.91 Å². The first-order valence-electron chi connectivity index (χ1n) is 3.84. The predicted octanol–water partition coefficient (Wildman–Crippen LogP) is 0.132. The van der Waals surface area contributed by atoms with E-state index in [-0.39, 0.29) is 11.8 Å². The van der Waals surface area contributed by atoms with Gasteiger partial charge in [-0.05, 0) is 19.8 Å². The maximum Gasteiger partial charge on any atom is 0.238 e. The Labute approximate surface area is 60.4 Å². The number of amides is 1. The molecule has 2 fully saturated rings. The van der Waals surface area contributed by atoms with E-state index in [0.717, 1.165) is 19.4 Å². The molecule has 2 heterocycles. The number of carbonyl (C=O) groups excluding carboxylic acids is 1. The molecule has 0 aliphatic carbocycles. The minimum absolute atomic E-state index is 0.226. The van der Waals surface area contributed by atoms with Crippen LogP contribution in [0, 0.1) is 5.92 Å². The first kappa shape index (κ1) is 6.16. The lowest BCUT2D eigenvalue weighted by Crippen LogP contribution is -2.40. The van der Waals surface area contributed by atoms with Crippen LogP contribution in [0.4, 0.5) is 0 Å². The molecule has 1 amide bonds. The van der Waals surface area contributed by atoms with Gasteiger partial charge in [-0.2, -0.15) is 0 Å². The van der Waals surface area contributed by atoms with E-state index in [1.807, 2.05) is 0 Å². The summed E-state index contributed by atoms with van der Waals surface area (Å²) in [4.78, 5) is 11.0. The number of hydrazine groups is 1. The van der Waals surface area contributed by atoms with Gasteiger partial charge in [-0.3, -0.25) is 10.2 Å². The van der Waals surface area contributed by atoms with Crippen molar-refractivity contribution in [3.8, 4) is 0 Å². The summed E-state index contributed by atoms with van der Waals surface area (Å²) in [6, 6.07) is 0.544. The van der Waals surface area contributed by atoms with Gasteiger partial charge in [0.05, 0.1) is 5.92 Å². The molecular formula is C7H12N2O. The van der Waals surface area contributed by atoms with Gasteiger partial charge in [0.2, 0.25) is 5.91 Å². The van der Waals surface area contributed by atoms with Crippen LogP contribution in [-0.2, 0) is 4.79 Å². The second-order valence-electron chi connectivity index (χ2n) is 3.25. The van der Waals surface area contributed by atoms with Crippen molar-refractivity contribution in [2.75, 3.05) is 6.54 Å². The summed E-state index contributed by atoms with van der Waals surface area (Å²) >= 11 is 0. The molecule has 2 rings (SSSR count). The van der Waals surface area contributed by atoms with Crippen LogP contribution in [0.25, 0.3) is 0 Å². The second kappa shape index (κ2) is 1.95. The van der Waals surface area contributed by atoms with Gasteiger partial charge in [0.15, 0.2) is 0 Å². The van der Waals surface area contributed by atoms with E-state index >= 15 is 0 Å². The highest BCUT2D eigenvalue weighted by Crippen LogP contribution is 2.24. The largest absolute Gasteiger partial charge is 0.288 e. The summed E-state index contributed by atoms with van der Waals surface area (Å²) in [5, 5.41) is 2.05. The molecule has 2 bridgehead atoms. The number of hydrogen-bond acceptors (Lipinski definition) is 2. The summed E-state index contributed by atoms with van der Waals surface area (Å²) < 4.78 is 0. The van der Waals surface area contributed by atoms with Crippen molar-refractivity contribution in [2.45, 2.75) is 25.8 Å². The lowest BCUT2D eigenvalue weighted by molar-refractivity contribution is -0.123. The molecule has 0 aromatic rings. The van der Waals surface area contributed by atoms with E-state index in [0.29, 0.717) is 6.04 Å². The van der Waals surface area contributed by atoms with E-state index in [4.69, 9.17) is 0 Å². The Kier molecular flexibility index (Phi) is 1.20. The summed E-state index contributed by atoms with van der Waals surface area (Å²) in [5.41, 5.74) is 2.86. The van der Waals surface area contributed by atoms with E-state index < -0.39 is 0 Å². The lowest BCUT2D eigenvalue weighted by atomic mass is 9.97. The Morgan fingerprint density at radius 1 is 1.60 bits per heavy atom. The third-order valence-electron chi connectivity index (χ3n) is 2.51. The van der Waals surface area contributed by atoms with E-state index in [1.165, 1.54) is 0 Å². The Hall–Kier alpha value is -0.570. The van der Waals surface area contributed by atoms with Crippen molar-refractivity contribution in [2.24, 2.45) is 5.92 Å². The molecule has 2 saturated heterocycles. The van der Waals surface area contributed by atoms with Crippen LogP contribution in [0.5, 0.6) is 0 Å². The normalized spacial score (nSPS) is 45.3. The highest BCUT2D eigenvalue weighted by molar-refractivity contribution is 5.80. The molecule has 3 nitrogen and oxygen atoms in total.